The quantitative estimate of drug-likeness (QED) is 0.492. The topological polar surface area (TPSA) is 74.8 Å². The SMILES string of the molecule is CCNC(=NCc1ccc(OC)cc1)NCCC(=O)NC1CCCCC1. The Bertz CT molecular complexity index is 566. The van der Waals surface area contributed by atoms with Crippen molar-refractivity contribution in [3.05, 3.63) is 29.8 Å². The molecule has 0 heterocycles. The number of ether oxygens (including phenoxy) is 1. The van der Waals surface area contributed by atoms with Crippen molar-refractivity contribution in [2.45, 2.75) is 58.0 Å². The van der Waals surface area contributed by atoms with Gasteiger partial charge in [0, 0.05) is 25.6 Å². The summed E-state index contributed by atoms with van der Waals surface area (Å²) in [5, 5.41) is 9.59. The molecule has 0 bridgehead atoms. The van der Waals surface area contributed by atoms with Crippen molar-refractivity contribution in [1.29, 1.82) is 0 Å². The van der Waals surface area contributed by atoms with E-state index in [1.807, 2.05) is 31.2 Å². The van der Waals surface area contributed by atoms with E-state index in [4.69, 9.17) is 4.74 Å². The van der Waals surface area contributed by atoms with Crippen LogP contribution in [0.1, 0.15) is 51.0 Å². The molecule has 0 saturated heterocycles. The second-order valence-corrected chi connectivity index (χ2v) is 6.62. The van der Waals surface area contributed by atoms with Gasteiger partial charge in [0.2, 0.25) is 5.91 Å². The van der Waals surface area contributed by atoms with Crippen LogP contribution in [0, 0.1) is 0 Å². The van der Waals surface area contributed by atoms with Gasteiger partial charge in [-0.2, -0.15) is 0 Å². The van der Waals surface area contributed by atoms with E-state index in [1.54, 1.807) is 7.11 Å². The van der Waals surface area contributed by atoms with Gasteiger partial charge < -0.3 is 20.7 Å². The number of nitrogens with zero attached hydrogens (tertiary/aromatic N) is 1. The fourth-order valence-corrected chi connectivity index (χ4v) is 3.08. The number of rotatable bonds is 8. The summed E-state index contributed by atoms with van der Waals surface area (Å²) in [4.78, 5) is 16.6. The third kappa shape index (κ3) is 7.33. The molecule has 26 heavy (non-hydrogen) atoms. The minimum absolute atomic E-state index is 0.121. The highest BCUT2D eigenvalue weighted by atomic mass is 16.5. The fourth-order valence-electron chi connectivity index (χ4n) is 3.08. The van der Waals surface area contributed by atoms with Crippen molar-refractivity contribution in [2.75, 3.05) is 20.2 Å². The molecule has 1 fully saturated rings. The number of carbonyl (C=O) groups excluding carboxylic acids is 1. The first-order chi connectivity index (χ1) is 12.7. The highest BCUT2D eigenvalue weighted by molar-refractivity contribution is 5.81. The molecule has 144 valence electrons. The molecule has 0 aromatic heterocycles. The van der Waals surface area contributed by atoms with Crippen molar-refractivity contribution in [3.8, 4) is 5.75 Å². The van der Waals surface area contributed by atoms with E-state index >= 15 is 0 Å². The Morgan fingerprint density at radius 2 is 1.88 bits per heavy atom. The Morgan fingerprint density at radius 1 is 1.15 bits per heavy atom. The lowest BCUT2D eigenvalue weighted by Gasteiger charge is -2.22. The van der Waals surface area contributed by atoms with E-state index < -0.39 is 0 Å². The maximum atomic E-state index is 12.1. The summed E-state index contributed by atoms with van der Waals surface area (Å²) in [6, 6.07) is 8.24. The number of methoxy groups -OCH3 is 1. The Balaban J connectivity index is 1.74. The van der Waals surface area contributed by atoms with Crippen LogP contribution >= 0.6 is 0 Å². The van der Waals surface area contributed by atoms with Gasteiger partial charge in [-0.25, -0.2) is 4.99 Å². The molecule has 2 rings (SSSR count). The van der Waals surface area contributed by atoms with Crippen LogP contribution in [-0.2, 0) is 11.3 Å². The average molecular weight is 361 g/mol. The van der Waals surface area contributed by atoms with Crippen LogP contribution in [0.15, 0.2) is 29.3 Å². The molecule has 1 aliphatic rings. The van der Waals surface area contributed by atoms with Gasteiger partial charge in [0.25, 0.3) is 0 Å². The fraction of sp³-hybridized carbons (Fsp3) is 0.600. The molecule has 0 aliphatic heterocycles. The van der Waals surface area contributed by atoms with Gasteiger partial charge in [0.1, 0.15) is 5.75 Å². The summed E-state index contributed by atoms with van der Waals surface area (Å²) in [6.07, 6.45) is 6.45. The molecular formula is C20H32N4O2. The molecule has 6 heteroatoms. The molecule has 1 aromatic rings. The van der Waals surface area contributed by atoms with E-state index in [9.17, 15) is 4.79 Å². The molecule has 6 nitrogen and oxygen atoms in total. The largest absolute Gasteiger partial charge is 0.497 e. The maximum Gasteiger partial charge on any atom is 0.221 e. The van der Waals surface area contributed by atoms with Crippen molar-refractivity contribution < 1.29 is 9.53 Å². The summed E-state index contributed by atoms with van der Waals surface area (Å²) >= 11 is 0. The van der Waals surface area contributed by atoms with E-state index in [2.05, 4.69) is 20.9 Å². The van der Waals surface area contributed by atoms with Crippen LogP contribution in [0.25, 0.3) is 0 Å². The number of guanidine groups is 1. The molecule has 0 atom stereocenters. The van der Waals surface area contributed by atoms with E-state index in [1.165, 1.54) is 19.3 Å². The molecule has 3 N–H and O–H groups in total. The van der Waals surface area contributed by atoms with Crippen molar-refractivity contribution in [3.63, 3.8) is 0 Å². The van der Waals surface area contributed by atoms with Gasteiger partial charge >= 0.3 is 0 Å². The minimum Gasteiger partial charge on any atom is -0.497 e. The minimum atomic E-state index is 0.121. The maximum absolute atomic E-state index is 12.1. The highest BCUT2D eigenvalue weighted by Gasteiger charge is 2.15. The third-order valence-corrected chi connectivity index (χ3v) is 4.54. The van der Waals surface area contributed by atoms with Crippen molar-refractivity contribution >= 4 is 11.9 Å². The van der Waals surface area contributed by atoms with Crippen molar-refractivity contribution in [1.82, 2.24) is 16.0 Å². The highest BCUT2D eigenvalue weighted by Crippen LogP contribution is 2.17. The Kier molecular flexibility index (Phi) is 8.79. The molecule has 1 aliphatic carbocycles. The zero-order valence-corrected chi connectivity index (χ0v) is 16.0. The first kappa shape index (κ1) is 20.1. The molecule has 0 unspecified atom stereocenters. The Morgan fingerprint density at radius 3 is 2.54 bits per heavy atom. The molecule has 0 spiro atoms. The predicted molar refractivity (Wildman–Crippen MR) is 105 cm³/mol. The standard InChI is InChI=1S/C20H32N4O2/c1-3-21-20(23-15-16-9-11-18(26-2)12-10-16)22-14-13-19(25)24-17-7-5-4-6-8-17/h9-12,17H,3-8,13-15H2,1-2H3,(H,24,25)(H2,21,22,23). The van der Waals surface area contributed by atoms with Gasteiger partial charge in [-0.05, 0) is 37.5 Å². The number of hydrogen-bond acceptors (Lipinski definition) is 3. The predicted octanol–water partition coefficient (Wildman–Crippen LogP) is 2.59. The van der Waals surface area contributed by atoms with Gasteiger partial charge in [-0.3, -0.25) is 4.79 Å². The number of amides is 1. The number of carbonyl (C=O) groups is 1. The second-order valence-electron chi connectivity index (χ2n) is 6.62. The lowest BCUT2D eigenvalue weighted by molar-refractivity contribution is -0.121. The summed E-state index contributed by atoms with van der Waals surface area (Å²) < 4.78 is 5.16. The first-order valence-corrected chi connectivity index (χ1v) is 9.65. The Labute approximate surface area is 156 Å². The van der Waals surface area contributed by atoms with Crippen LogP contribution in [0.3, 0.4) is 0 Å². The number of hydrogen-bond donors (Lipinski definition) is 3. The molecular weight excluding hydrogens is 328 g/mol. The van der Waals surface area contributed by atoms with Crippen LogP contribution < -0.4 is 20.7 Å². The number of aliphatic imine (C=N–C) groups is 1. The average Bonchev–Trinajstić information content (AvgIpc) is 2.67. The molecule has 0 radical (unpaired) electrons. The number of nitrogens with one attached hydrogen (secondary N) is 3. The lowest BCUT2D eigenvalue weighted by Crippen LogP contribution is -2.41. The third-order valence-electron chi connectivity index (χ3n) is 4.54. The summed E-state index contributed by atoms with van der Waals surface area (Å²) in [7, 11) is 1.66. The lowest BCUT2D eigenvalue weighted by atomic mass is 9.95. The molecule has 1 amide bonds. The van der Waals surface area contributed by atoms with Gasteiger partial charge in [0.05, 0.1) is 13.7 Å². The van der Waals surface area contributed by atoms with E-state index in [0.717, 1.165) is 36.7 Å². The van der Waals surface area contributed by atoms with Crippen LogP contribution in [-0.4, -0.2) is 38.1 Å². The Hall–Kier alpha value is -2.24. The van der Waals surface area contributed by atoms with Gasteiger partial charge in [-0.1, -0.05) is 31.4 Å². The summed E-state index contributed by atoms with van der Waals surface area (Å²) in [5.41, 5.74) is 1.11. The van der Waals surface area contributed by atoms with E-state index in [0.29, 0.717) is 25.6 Å². The van der Waals surface area contributed by atoms with Crippen LogP contribution in [0.5, 0.6) is 5.75 Å². The van der Waals surface area contributed by atoms with E-state index in [-0.39, 0.29) is 5.91 Å². The monoisotopic (exact) mass is 360 g/mol. The van der Waals surface area contributed by atoms with Crippen molar-refractivity contribution in [2.24, 2.45) is 4.99 Å². The zero-order valence-electron chi connectivity index (χ0n) is 16.0. The first-order valence-electron chi connectivity index (χ1n) is 9.65. The zero-order chi connectivity index (χ0) is 18.6. The second kappa shape index (κ2) is 11.4. The van der Waals surface area contributed by atoms with Gasteiger partial charge in [0.15, 0.2) is 5.96 Å². The van der Waals surface area contributed by atoms with Crippen LogP contribution in [0.4, 0.5) is 0 Å². The number of benzene rings is 1. The smallest absolute Gasteiger partial charge is 0.221 e. The normalized spacial score (nSPS) is 15.4. The molecule has 1 saturated carbocycles. The molecule has 1 aromatic carbocycles. The van der Waals surface area contributed by atoms with Gasteiger partial charge in [-0.15, -0.1) is 0 Å². The van der Waals surface area contributed by atoms with Crippen LogP contribution in [0.2, 0.25) is 0 Å². The summed E-state index contributed by atoms with van der Waals surface area (Å²) in [5.74, 6) is 1.69. The summed E-state index contributed by atoms with van der Waals surface area (Å²) in [6.45, 7) is 3.96.